The number of aliphatic carboxylic acids is 1. The molecule has 2 heterocycles. The van der Waals surface area contributed by atoms with Gasteiger partial charge in [-0.05, 0) is 185 Å². The molecule has 0 radical (unpaired) electrons. The van der Waals surface area contributed by atoms with Gasteiger partial charge in [0.25, 0.3) is 0 Å². The van der Waals surface area contributed by atoms with Gasteiger partial charge in [0.1, 0.15) is 0 Å². The van der Waals surface area contributed by atoms with Gasteiger partial charge in [-0.15, -0.1) is 0 Å². The summed E-state index contributed by atoms with van der Waals surface area (Å²) in [5.74, 6) is 7.84. The van der Waals surface area contributed by atoms with Gasteiger partial charge in [0.15, 0.2) is 0 Å². The molecule has 6 fully saturated rings. The van der Waals surface area contributed by atoms with Gasteiger partial charge in [0.2, 0.25) is 5.91 Å². The summed E-state index contributed by atoms with van der Waals surface area (Å²) in [5, 5.41) is 13.7. The van der Waals surface area contributed by atoms with Crippen molar-refractivity contribution in [1.82, 2.24) is 15.1 Å². The average molecular weight is 742 g/mol. The third-order valence-electron chi connectivity index (χ3n) is 17.6. The second-order valence-corrected chi connectivity index (χ2v) is 23.7. The Balaban J connectivity index is 1.16. The third-order valence-corrected chi connectivity index (χ3v) is 19.5. The van der Waals surface area contributed by atoms with E-state index in [1.165, 1.54) is 50.5 Å². The van der Waals surface area contributed by atoms with E-state index in [2.05, 4.69) is 69.1 Å². The highest BCUT2D eigenvalue weighted by atomic mass is 32.2. The quantitative estimate of drug-likeness (QED) is 0.128. The molecule has 2 N–H and O–H groups in total. The lowest BCUT2D eigenvalue weighted by atomic mass is 9.33. The van der Waals surface area contributed by atoms with Crippen molar-refractivity contribution >= 4 is 27.3 Å². The second kappa shape index (κ2) is 14.0. The van der Waals surface area contributed by atoms with Gasteiger partial charge >= 0.3 is 5.97 Å². The summed E-state index contributed by atoms with van der Waals surface area (Å²) in [6.07, 6.45) is 13.1. The molecule has 1 amide bonds. The molecule has 2 saturated heterocycles. The number of nitrogens with zero attached hydrogens (tertiary/aromatic N) is 2. The number of carbonyl (C=O) groups is 2. The first-order chi connectivity index (χ1) is 24.1. The fourth-order valence-corrected chi connectivity index (χ4v) is 15.6. The van der Waals surface area contributed by atoms with Gasteiger partial charge in [-0.25, -0.2) is 0 Å². The van der Waals surface area contributed by atoms with Crippen molar-refractivity contribution in [3.8, 4) is 0 Å². The highest BCUT2D eigenvalue weighted by Gasteiger charge is 2.71. The van der Waals surface area contributed by atoms with E-state index in [4.69, 9.17) is 0 Å². The molecule has 296 valence electrons. The van der Waals surface area contributed by atoms with Crippen molar-refractivity contribution in [3.63, 3.8) is 0 Å². The summed E-state index contributed by atoms with van der Waals surface area (Å²) in [7, 11) is -1.84. The number of piperidine rings is 1. The molecule has 8 heteroatoms. The molecule has 0 bridgehead atoms. The Morgan fingerprint density at radius 3 is 2.25 bits per heavy atom. The first-order valence-corrected chi connectivity index (χ1v) is 23.2. The molecule has 52 heavy (non-hydrogen) atoms. The van der Waals surface area contributed by atoms with Gasteiger partial charge in [-0.1, -0.05) is 32.9 Å². The highest BCUT2D eigenvalue weighted by molar-refractivity contribution is 8.00. The number of fused-ring (bicyclic) bond motifs is 7. The maximum absolute atomic E-state index is 13.8. The van der Waals surface area contributed by atoms with Crippen LogP contribution in [0.15, 0.2) is 12.2 Å². The molecule has 0 spiro atoms. The molecule has 6 aliphatic rings. The van der Waals surface area contributed by atoms with Crippen molar-refractivity contribution in [3.05, 3.63) is 12.2 Å². The number of carboxylic acids is 1. The van der Waals surface area contributed by atoms with Crippen LogP contribution in [0.1, 0.15) is 132 Å². The van der Waals surface area contributed by atoms with Crippen molar-refractivity contribution in [2.75, 3.05) is 50.8 Å². The van der Waals surface area contributed by atoms with E-state index in [-0.39, 0.29) is 27.7 Å². The molecule has 4 aliphatic carbocycles. The van der Waals surface area contributed by atoms with Crippen molar-refractivity contribution in [1.29, 1.82) is 0 Å². The van der Waals surface area contributed by atoms with E-state index in [1.807, 2.05) is 0 Å². The Kier molecular flexibility index (Phi) is 10.8. The Morgan fingerprint density at radius 2 is 1.60 bits per heavy atom. The molecule has 4 saturated carbocycles. The number of amides is 1. The molecule has 0 aromatic rings. The first-order valence-electron chi connectivity index (χ1n) is 21.1. The van der Waals surface area contributed by atoms with E-state index in [0.717, 1.165) is 70.0 Å². The zero-order valence-electron chi connectivity index (χ0n) is 34.4. The summed E-state index contributed by atoms with van der Waals surface area (Å²) in [4.78, 5) is 30.2. The van der Waals surface area contributed by atoms with Crippen molar-refractivity contribution in [2.45, 2.75) is 138 Å². The van der Waals surface area contributed by atoms with E-state index in [1.54, 1.807) is 13.8 Å². The lowest BCUT2D eigenvalue weighted by molar-refractivity contribution is -0.240. The maximum Gasteiger partial charge on any atom is 0.309 e. The lowest BCUT2D eigenvalue weighted by Crippen LogP contribution is -2.70. The monoisotopic (exact) mass is 742 g/mol. The summed E-state index contributed by atoms with van der Waals surface area (Å²) in [5.41, 5.74) is 1.35. The fraction of sp³-hybridized carbons (Fsp3) is 0.886. The normalized spacial score (nSPS) is 41.3. The van der Waals surface area contributed by atoms with E-state index >= 15 is 0 Å². The Hall–Kier alpha value is -1.38. The molecule has 0 unspecified atom stereocenters. The summed E-state index contributed by atoms with van der Waals surface area (Å²) in [6.45, 7) is 28.9. The van der Waals surface area contributed by atoms with Crippen LogP contribution in [0.5, 0.6) is 0 Å². The number of carboxylic acid groups (broad SMARTS) is 1. The van der Waals surface area contributed by atoms with Crippen LogP contribution in [0, 0.1) is 56.7 Å². The zero-order chi connectivity index (χ0) is 38.1. The van der Waals surface area contributed by atoms with Crippen LogP contribution in [0.4, 0.5) is 0 Å². The molecule has 0 aromatic carbocycles. The van der Waals surface area contributed by atoms with E-state index in [0.29, 0.717) is 47.8 Å². The smallest absolute Gasteiger partial charge is 0.309 e. The van der Waals surface area contributed by atoms with Crippen LogP contribution in [0.25, 0.3) is 0 Å². The predicted molar refractivity (Wildman–Crippen MR) is 216 cm³/mol. The minimum atomic E-state index is -1.84. The number of likely N-dealkylation sites (tertiary alicyclic amines) is 1. The number of hydrogen-bond donors (Lipinski definition) is 2. The van der Waals surface area contributed by atoms with Crippen LogP contribution < -0.4 is 5.32 Å². The number of allylic oxidation sites excluding steroid dienone is 1. The third kappa shape index (κ3) is 6.66. The Bertz CT molecular complexity index is 1490. The standard InChI is InChI=1S/C44H75N3O4S/c1-31(2)32-14-19-44(30-45-23-11-24-46-26-28-52(10,51)29-27-46)21-20-42(8)33(37(32)44)12-13-35-41(7)22-25-47(36(48)16-17-39(3,4)38(49)50)40(5,6)34(41)15-18-43(35,42)9/h32-35,37,45H,1,10-30H2,2-9H3,(H,49,50)/t32-,33+,34-,35+,37+,41-,42+,43+,44+/m0/s1. The van der Waals surface area contributed by atoms with Gasteiger partial charge < -0.3 is 20.2 Å². The molecular weight excluding hydrogens is 667 g/mol. The van der Waals surface area contributed by atoms with Crippen LogP contribution in [-0.4, -0.2) is 93.2 Å². The van der Waals surface area contributed by atoms with Crippen molar-refractivity contribution in [2.24, 2.45) is 56.7 Å². The summed E-state index contributed by atoms with van der Waals surface area (Å²) < 4.78 is 12.3. The van der Waals surface area contributed by atoms with Gasteiger partial charge in [-0.3, -0.25) is 13.8 Å². The number of hydrogen-bond acceptors (Lipinski definition) is 5. The SMILES string of the molecule is C=C(C)[C@@H]1CC[C@]2(CNCCCN3CCS(=C)(=O)CC3)CC[C@]3(C)[C@H](CC[C@@H]4[C@@]5(C)CCN(C(=O)CCC(C)(C)C(=O)O)C(C)(C)[C@@H]5CC[C@]43C)[C@@H]12. The van der Waals surface area contributed by atoms with Gasteiger partial charge in [0.05, 0.1) is 5.41 Å². The Morgan fingerprint density at radius 1 is 0.904 bits per heavy atom. The van der Waals surface area contributed by atoms with Crippen LogP contribution in [0.2, 0.25) is 0 Å². The lowest BCUT2D eigenvalue weighted by Gasteiger charge is -2.73. The fourth-order valence-electron chi connectivity index (χ4n) is 14.2. The molecule has 6 rings (SSSR count). The summed E-state index contributed by atoms with van der Waals surface area (Å²) >= 11 is 0. The van der Waals surface area contributed by atoms with E-state index < -0.39 is 20.9 Å². The van der Waals surface area contributed by atoms with E-state index in [9.17, 15) is 18.9 Å². The predicted octanol–water partition coefficient (Wildman–Crippen LogP) is 7.74. The highest BCUT2D eigenvalue weighted by Crippen LogP contribution is 2.76. The van der Waals surface area contributed by atoms with Gasteiger partial charge in [-0.2, -0.15) is 0 Å². The second-order valence-electron chi connectivity index (χ2n) is 20.9. The van der Waals surface area contributed by atoms with Crippen LogP contribution in [-0.2, 0) is 19.1 Å². The van der Waals surface area contributed by atoms with Gasteiger partial charge in [0, 0.05) is 49.6 Å². The molecule has 2 aliphatic heterocycles. The Labute approximate surface area is 317 Å². The number of nitrogens with one attached hydrogen (secondary N) is 1. The zero-order valence-corrected chi connectivity index (χ0v) is 35.2. The van der Waals surface area contributed by atoms with Crippen LogP contribution >= 0.6 is 0 Å². The molecule has 7 nitrogen and oxygen atoms in total. The first kappa shape index (κ1) is 40.3. The average Bonchev–Trinajstić information content (AvgIpc) is 3.44. The number of rotatable bonds is 11. The molecule has 0 aromatic heterocycles. The van der Waals surface area contributed by atoms with Crippen LogP contribution in [0.3, 0.4) is 0 Å². The minimum absolute atomic E-state index is 0.131. The maximum atomic E-state index is 13.8. The van der Waals surface area contributed by atoms with Crippen molar-refractivity contribution < 1.29 is 18.9 Å². The molecule has 9 atom stereocenters. The largest absolute Gasteiger partial charge is 0.481 e. The summed E-state index contributed by atoms with van der Waals surface area (Å²) in [6, 6.07) is 0. The molecular formula is C44H75N3O4S. The number of carbonyl (C=O) groups excluding carboxylic acids is 1. The topological polar surface area (TPSA) is 90.0 Å². The minimum Gasteiger partial charge on any atom is -0.481 e.